The lowest BCUT2D eigenvalue weighted by Gasteiger charge is -2.39. The van der Waals surface area contributed by atoms with Crippen molar-refractivity contribution in [1.82, 2.24) is 0 Å². The van der Waals surface area contributed by atoms with Gasteiger partial charge in [-0.3, -0.25) is 0 Å². The summed E-state index contributed by atoms with van der Waals surface area (Å²) in [6.07, 6.45) is 22.8. The lowest BCUT2D eigenvalue weighted by molar-refractivity contribution is -1.92. The molecule has 0 aromatic heterocycles. The Balaban J connectivity index is 0. The number of halogens is 1. The molecule has 0 unspecified atom stereocenters. The highest BCUT2D eigenvalue weighted by Crippen LogP contribution is 2.19. The second-order valence-corrected chi connectivity index (χ2v) is 9.67. The SMILES string of the molecule is CCCCCC[N+](CCCCCC)(CCCCCC)CCCCCC.[O-][Cl+3]([O-])([O-])O. The van der Waals surface area contributed by atoms with Crippen molar-refractivity contribution < 1.29 is 33.4 Å². The molecule has 0 radical (unpaired) electrons. The molecule has 0 bridgehead atoms. The first kappa shape index (κ1) is 32.3. The van der Waals surface area contributed by atoms with Crippen molar-refractivity contribution in [2.24, 2.45) is 0 Å². The van der Waals surface area contributed by atoms with Gasteiger partial charge in [-0.2, -0.15) is 14.0 Å². The Morgan fingerprint density at radius 3 is 0.833 bits per heavy atom. The third-order valence-corrected chi connectivity index (χ3v) is 5.94. The molecule has 0 fully saturated rings. The van der Waals surface area contributed by atoms with Crippen LogP contribution in [-0.4, -0.2) is 35.3 Å². The van der Waals surface area contributed by atoms with Crippen molar-refractivity contribution >= 4 is 0 Å². The van der Waals surface area contributed by atoms with E-state index in [0.717, 1.165) is 0 Å². The summed E-state index contributed by atoms with van der Waals surface area (Å²) in [5.74, 6) is 0. The Bertz CT molecular complexity index is 278. The number of nitrogens with zero attached hydrogens (tertiary/aromatic N) is 1. The summed E-state index contributed by atoms with van der Waals surface area (Å²) in [4.78, 5) is 0. The molecule has 0 heterocycles. The van der Waals surface area contributed by atoms with Crippen molar-refractivity contribution in [2.75, 3.05) is 26.2 Å². The molecular formula is C24H53ClNO4+. The first-order valence-corrected chi connectivity index (χ1v) is 14.0. The molecule has 0 aliphatic carbocycles. The van der Waals surface area contributed by atoms with Crippen LogP contribution in [0.3, 0.4) is 0 Å². The molecule has 5 nitrogen and oxygen atoms in total. The molecule has 0 aromatic rings. The lowest BCUT2D eigenvalue weighted by atomic mass is 10.1. The predicted octanol–water partition coefficient (Wildman–Crippen LogP) is 4.00. The Morgan fingerprint density at radius 1 is 0.467 bits per heavy atom. The average molecular weight is 455 g/mol. The average Bonchev–Trinajstić information content (AvgIpc) is 2.68. The summed E-state index contributed by atoms with van der Waals surface area (Å²) in [6.45, 7) is 15.2. The minimum atomic E-state index is -4.69. The van der Waals surface area contributed by atoms with Gasteiger partial charge in [0.15, 0.2) is 0 Å². The van der Waals surface area contributed by atoms with Gasteiger partial charge in [-0.1, -0.05) is 79.1 Å². The molecule has 30 heavy (non-hydrogen) atoms. The van der Waals surface area contributed by atoms with Crippen LogP contribution < -0.4 is 14.0 Å². The summed E-state index contributed by atoms with van der Waals surface area (Å²) in [6, 6.07) is 0. The predicted molar refractivity (Wildman–Crippen MR) is 119 cm³/mol. The molecule has 0 saturated carbocycles. The van der Waals surface area contributed by atoms with Gasteiger partial charge >= 0.3 is 0 Å². The van der Waals surface area contributed by atoms with Crippen molar-refractivity contribution in [1.29, 1.82) is 0 Å². The van der Waals surface area contributed by atoms with Crippen molar-refractivity contribution in [3.05, 3.63) is 0 Å². The number of hydrogen-bond donors (Lipinski definition) is 1. The van der Waals surface area contributed by atoms with E-state index in [1.54, 1.807) is 0 Å². The van der Waals surface area contributed by atoms with Crippen LogP contribution in [0.25, 0.3) is 0 Å². The minimum Gasteiger partial charge on any atom is -0.324 e. The van der Waals surface area contributed by atoms with E-state index in [0.29, 0.717) is 0 Å². The van der Waals surface area contributed by atoms with Crippen LogP contribution in [0.2, 0.25) is 0 Å². The van der Waals surface area contributed by atoms with Crippen LogP contribution in [0.15, 0.2) is 0 Å². The molecule has 0 aliphatic heterocycles. The monoisotopic (exact) mass is 454 g/mol. The summed E-state index contributed by atoms with van der Waals surface area (Å²) < 4.78 is 34.2. The van der Waals surface area contributed by atoms with Gasteiger partial charge < -0.3 is 4.48 Å². The van der Waals surface area contributed by atoms with Crippen LogP contribution in [0.4, 0.5) is 0 Å². The molecule has 184 valence electrons. The molecule has 0 aromatic carbocycles. The van der Waals surface area contributed by atoms with E-state index in [4.69, 9.17) is 18.6 Å². The van der Waals surface area contributed by atoms with E-state index in [1.807, 2.05) is 0 Å². The zero-order valence-electron chi connectivity index (χ0n) is 20.6. The van der Waals surface area contributed by atoms with Gasteiger partial charge in [0, 0.05) is 0 Å². The highest BCUT2D eigenvalue weighted by molar-refractivity contribution is 4.53. The van der Waals surface area contributed by atoms with Crippen LogP contribution in [0.1, 0.15) is 130 Å². The van der Waals surface area contributed by atoms with Crippen LogP contribution in [0, 0.1) is 10.2 Å². The zero-order valence-corrected chi connectivity index (χ0v) is 21.4. The van der Waals surface area contributed by atoms with Gasteiger partial charge in [-0.05, 0) is 51.4 Å². The molecule has 1 N–H and O–H groups in total. The zero-order chi connectivity index (χ0) is 23.1. The largest absolute Gasteiger partial charge is 0.324 e. The summed E-state index contributed by atoms with van der Waals surface area (Å²) in [5, 5.41) is 0. The topological polar surface area (TPSA) is 89.4 Å². The first-order valence-electron chi connectivity index (χ1n) is 12.7. The maximum Gasteiger partial charge on any atom is 0.0786 e. The normalized spacial score (nSPS) is 12.0. The minimum absolute atomic E-state index is 1.36. The molecule has 0 spiro atoms. The van der Waals surface area contributed by atoms with E-state index < -0.39 is 10.2 Å². The Morgan fingerprint density at radius 2 is 0.667 bits per heavy atom. The number of rotatable bonds is 20. The molecule has 0 saturated heterocycles. The van der Waals surface area contributed by atoms with E-state index >= 15 is 0 Å². The Kier molecular flexibility index (Phi) is 24.0. The second-order valence-electron chi connectivity index (χ2n) is 8.87. The van der Waals surface area contributed by atoms with E-state index in [2.05, 4.69) is 27.7 Å². The molecule has 6 heteroatoms. The maximum atomic E-state index is 8.60. The third kappa shape index (κ3) is 26.1. The van der Waals surface area contributed by atoms with Gasteiger partial charge in [0.25, 0.3) is 0 Å². The fourth-order valence-corrected chi connectivity index (χ4v) is 4.17. The van der Waals surface area contributed by atoms with Crippen molar-refractivity contribution in [2.45, 2.75) is 130 Å². The van der Waals surface area contributed by atoms with E-state index in [1.165, 1.54) is 133 Å². The maximum absolute atomic E-state index is 8.60. The van der Waals surface area contributed by atoms with Crippen LogP contribution in [0.5, 0.6) is 0 Å². The van der Waals surface area contributed by atoms with E-state index in [-0.39, 0.29) is 0 Å². The first-order chi connectivity index (χ1) is 14.2. The van der Waals surface area contributed by atoms with Gasteiger partial charge in [-0.15, -0.1) is 0 Å². The number of unbranched alkanes of at least 4 members (excludes halogenated alkanes) is 12. The lowest BCUT2D eigenvalue weighted by Crippen LogP contribution is -2.58. The van der Waals surface area contributed by atoms with E-state index in [9.17, 15) is 0 Å². The molecule has 0 rings (SSSR count). The summed E-state index contributed by atoms with van der Waals surface area (Å²) >= 11 is 0. The Labute approximate surface area is 190 Å². The van der Waals surface area contributed by atoms with Crippen molar-refractivity contribution in [3.8, 4) is 0 Å². The van der Waals surface area contributed by atoms with Crippen LogP contribution in [-0.2, 0) is 0 Å². The molecule has 0 aliphatic rings. The van der Waals surface area contributed by atoms with Crippen LogP contribution >= 0.6 is 0 Å². The smallest absolute Gasteiger partial charge is 0.0786 e. The fraction of sp³-hybridized carbons (Fsp3) is 1.00. The number of quaternary nitrogens is 1. The van der Waals surface area contributed by atoms with Gasteiger partial charge in [0.1, 0.15) is 0 Å². The highest BCUT2D eigenvalue weighted by Gasteiger charge is 2.25. The fourth-order valence-electron chi connectivity index (χ4n) is 4.17. The molecular weight excluding hydrogens is 402 g/mol. The summed E-state index contributed by atoms with van der Waals surface area (Å²) in [7, 11) is -4.69. The van der Waals surface area contributed by atoms with Crippen molar-refractivity contribution in [3.63, 3.8) is 0 Å². The number of hydrogen-bond acceptors (Lipinski definition) is 4. The third-order valence-electron chi connectivity index (χ3n) is 5.94. The van der Waals surface area contributed by atoms with Gasteiger partial charge in [-0.25, -0.2) is 0 Å². The quantitative estimate of drug-likeness (QED) is 0.222. The second kappa shape index (κ2) is 22.3. The highest BCUT2D eigenvalue weighted by atomic mass is 35.7. The van der Waals surface area contributed by atoms with Gasteiger partial charge in [0.05, 0.1) is 41.1 Å². The molecule has 0 amide bonds. The van der Waals surface area contributed by atoms with Gasteiger partial charge in [0.2, 0.25) is 0 Å². The standard InChI is InChI=1S/C24H52N.ClHO4/c1-5-9-13-17-21-25(22-18-14-10-6-2,23-19-15-11-7-3)24-20-16-12-8-4;2-1(3,4)5/h5-24H2,1-4H3;(H,2,3,4,5)/q+1;. The summed E-state index contributed by atoms with van der Waals surface area (Å²) in [5.41, 5.74) is 0. The Hall–Kier alpha value is 0.0900. The molecule has 0 atom stereocenters.